The Labute approximate surface area is 104 Å². The van der Waals surface area contributed by atoms with E-state index < -0.39 is 0 Å². The van der Waals surface area contributed by atoms with Crippen LogP contribution in [0.1, 0.15) is 5.01 Å². The third-order valence-corrected chi connectivity index (χ3v) is 4.28. The van der Waals surface area contributed by atoms with Crippen molar-refractivity contribution >= 4 is 39.2 Å². The molecule has 0 spiro atoms. The summed E-state index contributed by atoms with van der Waals surface area (Å²) in [6.45, 7) is 0.453. The van der Waals surface area contributed by atoms with Crippen LogP contribution in [0.4, 0.5) is 0 Å². The van der Waals surface area contributed by atoms with Gasteiger partial charge in [0, 0.05) is 6.54 Å². The van der Waals surface area contributed by atoms with E-state index in [1.54, 1.807) is 4.52 Å². The van der Waals surface area contributed by atoms with Crippen LogP contribution in [-0.2, 0) is 6.54 Å². The van der Waals surface area contributed by atoms with E-state index >= 15 is 0 Å². The first-order valence-corrected chi connectivity index (χ1v) is 6.58. The molecule has 0 saturated carbocycles. The maximum atomic E-state index is 5.89. The SMILES string of the molecule is NCc1nn2cc(-c3ccc(Cl)s3)nc2s1. The molecule has 0 amide bonds. The Hall–Kier alpha value is -0.950. The summed E-state index contributed by atoms with van der Waals surface area (Å²) in [5, 5.41) is 5.19. The number of fused-ring (bicyclic) bond motifs is 1. The first kappa shape index (κ1) is 10.2. The Balaban J connectivity index is 2.09. The van der Waals surface area contributed by atoms with Crippen molar-refractivity contribution in [2.75, 3.05) is 0 Å². The van der Waals surface area contributed by atoms with E-state index in [0.29, 0.717) is 6.54 Å². The molecule has 3 aromatic heterocycles. The highest BCUT2D eigenvalue weighted by molar-refractivity contribution is 7.19. The topological polar surface area (TPSA) is 56.2 Å². The van der Waals surface area contributed by atoms with Gasteiger partial charge < -0.3 is 5.73 Å². The van der Waals surface area contributed by atoms with E-state index in [2.05, 4.69) is 10.1 Å². The Kier molecular flexibility index (Phi) is 2.44. The molecule has 0 fully saturated rings. The second-order valence-corrected chi connectivity index (χ2v) is 5.91. The summed E-state index contributed by atoms with van der Waals surface area (Å²) < 4.78 is 2.53. The Morgan fingerprint density at radius 3 is 2.88 bits per heavy atom. The zero-order valence-corrected chi connectivity index (χ0v) is 10.4. The molecule has 0 aromatic carbocycles. The Morgan fingerprint density at radius 2 is 2.25 bits per heavy atom. The number of rotatable bonds is 2. The number of halogens is 1. The van der Waals surface area contributed by atoms with Gasteiger partial charge in [0.15, 0.2) is 0 Å². The fourth-order valence-electron chi connectivity index (χ4n) is 1.39. The summed E-state index contributed by atoms with van der Waals surface area (Å²) in [6.07, 6.45) is 1.90. The van der Waals surface area contributed by atoms with E-state index in [1.807, 2.05) is 18.3 Å². The number of nitrogens with zero attached hydrogens (tertiary/aromatic N) is 3. The fourth-order valence-corrected chi connectivity index (χ4v) is 3.15. The summed E-state index contributed by atoms with van der Waals surface area (Å²) in [4.78, 5) is 6.39. The monoisotopic (exact) mass is 270 g/mol. The van der Waals surface area contributed by atoms with E-state index in [0.717, 1.165) is 24.9 Å². The summed E-state index contributed by atoms with van der Waals surface area (Å²) >= 11 is 8.90. The van der Waals surface area contributed by atoms with Crippen molar-refractivity contribution in [2.24, 2.45) is 5.73 Å². The highest BCUT2D eigenvalue weighted by Gasteiger charge is 2.10. The molecule has 2 N–H and O–H groups in total. The first-order valence-electron chi connectivity index (χ1n) is 4.57. The number of thiophene rings is 1. The standard InChI is InChI=1S/C9H7ClN4S2/c10-7-2-1-6(15-7)5-4-14-9(12-5)16-8(3-11)13-14/h1-2,4H,3,11H2. The molecule has 4 nitrogen and oxygen atoms in total. The fraction of sp³-hybridized carbons (Fsp3) is 0.111. The number of aromatic nitrogens is 3. The van der Waals surface area contributed by atoms with Gasteiger partial charge in [0.05, 0.1) is 15.4 Å². The molecule has 0 unspecified atom stereocenters. The van der Waals surface area contributed by atoms with Crippen molar-refractivity contribution in [3.63, 3.8) is 0 Å². The van der Waals surface area contributed by atoms with Crippen LogP contribution in [0.15, 0.2) is 18.3 Å². The maximum Gasteiger partial charge on any atom is 0.212 e. The van der Waals surface area contributed by atoms with Gasteiger partial charge in [-0.2, -0.15) is 5.10 Å². The molecule has 0 aliphatic carbocycles. The van der Waals surface area contributed by atoms with Gasteiger partial charge in [0.2, 0.25) is 4.96 Å². The Bertz CT molecular complexity index is 607. The highest BCUT2D eigenvalue weighted by Crippen LogP contribution is 2.31. The minimum atomic E-state index is 0.453. The molecule has 0 aliphatic heterocycles. The number of imidazole rings is 1. The second-order valence-electron chi connectivity index (χ2n) is 3.16. The third kappa shape index (κ3) is 1.63. The van der Waals surface area contributed by atoms with Gasteiger partial charge in [-0.1, -0.05) is 22.9 Å². The summed E-state index contributed by atoms with van der Waals surface area (Å²) in [7, 11) is 0. The predicted octanol–water partition coefficient (Wildman–Crippen LogP) is 2.63. The van der Waals surface area contributed by atoms with Crippen LogP contribution in [0.3, 0.4) is 0 Å². The number of hydrogen-bond acceptors (Lipinski definition) is 5. The molecule has 0 aliphatic rings. The van der Waals surface area contributed by atoms with Gasteiger partial charge in [-0.15, -0.1) is 11.3 Å². The number of hydrogen-bond donors (Lipinski definition) is 1. The molecule has 3 aromatic rings. The molecule has 0 atom stereocenters. The highest BCUT2D eigenvalue weighted by atomic mass is 35.5. The van der Waals surface area contributed by atoms with Crippen LogP contribution >= 0.6 is 34.3 Å². The van der Waals surface area contributed by atoms with Crippen molar-refractivity contribution in [1.82, 2.24) is 14.6 Å². The van der Waals surface area contributed by atoms with E-state index in [1.165, 1.54) is 22.7 Å². The molecule has 3 heterocycles. The van der Waals surface area contributed by atoms with E-state index in [9.17, 15) is 0 Å². The van der Waals surface area contributed by atoms with Crippen LogP contribution in [-0.4, -0.2) is 14.6 Å². The lowest BCUT2D eigenvalue weighted by Gasteiger charge is -1.86. The van der Waals surface area contributed by atoms with Crippen LogP contribution in [0.25, 0.3) is 15.5 Å². The van der Waals surface area contributed by atoms with Gasteiger partial charge in [-0.25, -0.2) is 9.50 Å². The van der Waals surface area contributed by atoms with Crippen molar-refractivity contribution in [2.45, 2.75) is 6.54 Å². The molecular weight excluding hydrogens is 264 g/mol. The minimum Gasteiger partial charge on any atom is -0.324 e. The average molecular weight is 271 g/mol. The zero-order chi connectivity index (χ0) is 11.1. The average Bonchev–Trinajstić information content (AvgIpc) is 2.89. The normalized spacial score (nSPS) is 11.4. The molecule has 3 rings (SSSR count). The lowest BCUT2D eigenvalue weighted by atomic mass is 10.4. The van der Waals surface area contributed by atoms with Crippen LogP contribution in [0.2, 0.25) is 4.34 Å². The third-order valence-electron chi connectivity index (χ3n) is 2.09. The van der Waals surface area contributed by atoms with Crippen LogP contribution < -0.4 is 5.73 Å². The zero-order valence-electron chi connectivity index (χ0n) is 8.05. The minimum absolute atomic E-state index is 0.453. The predicted molar refractivity (Wildman–Crippen MR) is 67.1 cm³/mol. The number of nitrogens with two attached hydrogens (primary N) is 1. The van der Waals surface area contributed by atoms with Crippen molar-refractivity contribution in [3.8, 4) is 10.6 Å². The first-order chi connectivity index (χ1) is 7.76. The van der Waals surface area contributed by atoms with Gasteiger partial charge >= 0.3 is 0 Å². The van der Waals surface area contributed by atoms with Gasteiger partial charge in [-0.3, -0.25) is 0 Å². The molecular formula is C9H7ClN4S2. The van der Waals surface area contributed by atoms with E-state index in [4.69, 9.17) is 17.3 Å². The molecule has 7 heteroatoms. The smallest absolute Gasteiger partial charge is 0.212 e. The molecule has 82 valence electrons. The summed E-state index contributed by atoms with van der Waals surface area (Å²) in [5.74, 6) is 0. The van der Waals surface area contributed by atoms with Crippen LogP contribution in [0.5, 0.6) is 0 Å². The molecule has 0 radical (unpaired) electrons. The quantitative estimate of drug-likeness (QED) is 0.779. The van der Waals surface area contributed by atoms with Gasteiger partial charge in [-0.05, 0) is 12.1 Å². The lowest BCUT2D eigenvalue weighted by Crippen LogP contribution is -1.95. The maximum absolute atomic E-state index is 5.89. The summed E-state index contributed by atoms with van der Waals surface area (Å²) in [6, 6.07) is 3.83. The molecule has 16 heavy (non-hydrogen) atoms. The van der Waals surface area contributed by atoms with Gasteiger partial charge in [0.25, 0.3) is 0 Å². The van der Waals surface area contributed by atoms with Crippen molar-refractivity contribution < 1.29 is 0 Å². The van der Waals surface area contributed by atoms with E-state index in [-0.39, 0.29) is 0 Å². The molecule has 0 bridgehead atoms. The van der Waals surface area contributed by atoms with Crippen molar-refractivity contribution in [3.05, 3.63) is 27.7 Å². The van der Waals surface area contributed by atoms with Gasteiger partial charge in [0.1, 0.15) is 10.7 Å². The lowest BCUT2D eigenvalue weighted by molar-refractivity contribution is 0.897. The molecule has 0 saturated heterocycles. The van der Waals surface area contributed by atoms with Crippen LogP contribution in [0, 0.1) is 0 Å². The second kappa shape index (κ2) is 3.81. The van der Waals surface area contributed by atoms with Crippen molar-refractivity contribution in [1.29, 1.82) is 0 Å². The summed E-state index contributed by atoms with van der Waals surface area (Å²) in [5.41, 5.74) is 6.42. The Morgan fingerprint density at radius 1 is 1.38 bits per heavy atom. The largest absolute Gasteiger partial charge is 0.324 e.